The number of hydrogen-bond acceptors (Lipinski definition) is 3. The molecule has 0 spiro atoms. The van der Waals surface area contributed by atoms with Gasteiger partial charge >= 0.3 is 5.97 Å². The summed E-state index contributed by atoms with van der Waals surface area (Å²) in [4.78, 5) is 23.9. The molecular weight excluding hydrogens is 301 g/mol. The highest BCUT2D eigenvalue weighted by atomic mass is 35.5. The number of carbonyl (C=O) groups excluding carboxylic acids is 2. The fourth-order valence-corrected chi connectivity index (χ4v) is 2.23. The van der Waals surface area contributed by atoms with Gasteiger partial charge in [-0.2, -0.15) is 0 Å². The Bertz CT molecular complexity index is 485. The molecule has 0 aliphatic rings. The normalized spacial score (nSPS) is 13.4. The zero-order chi connectivity index (χ0) is 15.3. The summed E-state index contributed by atoms with van der Waals surface area (Å²) < 4.78 is 4.71. The van der Waals surface area contributed by atoms with Gasteiger partial charge in [0.15, 0.2) is 0 Å². The number of benzene rings is 1. The second-order valence-electron chi connectivity index (χ2n) is 4.52. The molecule has 0 aliphatic heterocycles. The Kier molecular flexibility index (Phi) is 6.30. The van der Waals surface area contributed by atoms with Gasteiger partial charge in [-0.1, -0.05) is 43.5 Å². The minimum Gasteiger partial charge on any atom is -0.467 e. The van der Waals surface area contributed by atoms with Crippen molar-refractivity contribution in [3.63, 3.8) is 0 Å². The Balaban J connectivity index is 2.93. The second kappa shape index (κ2) is 7.50. The molecule has 0 unspecified atom stereocenters. The van der Waals surface area contributed by atoms with Crippen LogP contribution in [0.5, 0.6) is 0 Å². The monoisotopic (exact) mass is 317 g/mol. The van der Waals surface area contributed by atoms with Crippen molar-refractivity contribution in [1.82, 2.24) is 5.32 Å². The molecule has 0 radical (unpaired) electrons. The van der Waals surface area contributed by atoms with Crippen molar-refractivity contribution in [2.45, 2.75) is 26.3 Å². The number of nitrogens with one attached hydrogen (secondary N) is 1. The molecule has 0 aromatic heterocycles. The van der Waals surface area contributed by atoms with E-state index in [2.05, 4.69) is 5.32 Å². The van der Waals surface area contributed by atoms with Crippen LogP contribution in [0.1, 0.15) is 30.6 Å². The van der Waals surface area contributed by atoms with Crippen LogP contribution in [0, 0.1) is 5.92 Å². The van der Waals surface area contributed by atoms with E-state index in [1.165, 1.54) is 25.3 Å². The van der Waals surface area contributed by atoms with Crippen LogP contribution in [0.2, 0.25) is 10.0 Å². The SMILES string of the molecule is CC[C@H](C)[C@@H](NC(=O)c1cc(Cl)cc(Cl)c1)C(=O)OC. The quantitative estimate of drug-likeness (QED) is 0.848. The van der Waals surface area contributed by atoms with Crippen molar-refractivity contribution in [2.24, 2.45) is 5.92 Å². The highest BCUT2D eigenvalue weighted by Crippen LogP contribution is 2.19. The van der Waals surface area contributed by atoms with Crippen molar-refractivity contribution in [1.29, 1.82) is 0 Å². The Morgan fingerprint density at radius 1 is 1.25 bits per heavy atom. The molecule has 1 N–H and O–H groups in total. The topological polar surface area (TPSA) is 55.4 Å². The van der Waals surface area contributed by atoms with Crippen molar-refractivity contribution in [3.8, 4) is 0 Å². The van der Waals surface area contributed by atoms with Crippen LogP contribution >= 0.6 is 23.2 Å². The molecule has 0 saturated heterocycles. The van der Waals surface area contributed by atoms with Crippen molar-refractivity contribution < 1.29 is 14.3 Å². The lowest BCUT2D eigenvalue weighted by Crippen LogP contribution is -2.45. The fraction of sp³-hybridized carbons (Fsp3) is 0.429. The minimum atomic E-state index is -0.699. The summed E-state index contributed by atoms with van der Waals surface area (Å²) in [6.45, 7) is 3.80. The zero-order valence-corrected chi connectivity index (χ0v) is 13.1. The molecule has 6 heteroatoms. The molecule has 20 heavy (non-hydrogen) atoms. The van der Waals surface area contributed by atoms with Gasteiger partial charge < -0.3 is 10.1 Å². The third kappa shape index (κ3) is 4.39. The van der Waals surface area contributed by atoms with Crippen molar-refractivity contribution in [2.75, 3.05) is 7.11 Å². The molecule has 0 heterocycles. The zero-order valence-electron chi connectivity index (χ0n) is 11.6. The van der Waals surface area contributed by atoms with Gasteiger partial charge in [0.05, 0.1) is 7.11 Å². The van der Waals surface area contributed by atoms with Gasteiger partial charge in [0, 0.05) is 15.6 Å². The highest BCUT2D eigenvalue weighted by molar-refractivity contribution is 6.35. The summed E-state index contributed by atoms with van der Waals surface area (Å²) in [7, 11) is 1.29. The van der Waals surface area contributed by atoms with Gasteiger partial charge in [0.25, 0.3) is 5.91 Å². The number of esters is 1. The lowest BCUT2D eigenvalue weighted by Gasteiger charge is -2.21. The molecule has 4 nitrogen and oxygen atoms in total. The molecule has 0 saturated carbocycles. The first-order valence-corrected chi connectivity index (χ1v) is 6.99. The molecular formula is C14H17Cl2NO3. The molecule has 2 atom stereocenters. The standard InChI is InChI=1S/C14H17Cl2NO3/c1-4-8(2)12(14(19)20-3)17-13(18)9-5-10(15)7-11(16)6-9/h5-8,12H,4H2,1-3H3,(H,17,18)/t8-,12+/m0/s1. The van der Waals surface area contributed by atoms with Crippen LogP contribution in [0.3, 0.4) is 0 Å². The summed E-state index contributed by atoms with van der Waals surface area (Å²) in [6, 6.07) is 3.82. The number of ether oxygens (including phenoxy) is 1. The van der Waals surface area contributed by atoms with E-state index in [1.807, 2.05) is 13.8 Å². The van der Waals surface area contributed by atoms with Crippen LogP contribution in [0.15, 0.2) is 18.2 Å². The number of halogens is 2. The molecule has 0 aliphatic carbocycles. The largest absolute Gasteiger partial charge is 0.467 e. The second-order valence-corrected chi connectivity index (χ2v) is 5.39. The summed E-state index contributed by atoms with van der Waals surface area (Å²) in [5, 5.41) is 3.38. The molecule has 1 rings (SSSR count). The molecule has 0 bridgehead atoms. The smallest absolute Gasteiger partial charge is 0.328 e. The fourth-order valence-electron chi connectivity index (χ4n) is 1.71. The predicted octanol–water partition coefficient (Wildman–Crippen LogP) is 3.31. The number of rotatable bonds is 5. The molecule has 1 amide bonds. The van der Waals surface area contributed by atoms with Crippen LogP contribution in [-0.4, -0.2) is 25.0 Å². The summed E-state index contributed by atoms with van der Waals surface area (Å²) in [5.74, 6) is -0.924. The number of hydrogen-bond donors (Lipinski definition) is 1. The molecule has 110 valence electrons. The van der Waals surface area contributed by atoms with E-state index in [4.69, 9.17) is 27.9 Å². The van der Waals surface area contributed by atoms with Crippen molar-refractivity contribution in [3.05, 3.63) is 33.8 Å². The Hall–Kier alpha value is -1.26. The summed E-state index contributed by atoms with van der Waals surface area (Å²) in [5.41, 5.74) is 0.305. The maximum Gasteiger partial charge on any atom is 0.328 e. The third-order valence-electron chi connectivity index (χ3n) is 3.08. The van der Waals surface area contributed by atoms with E-state index < -0.39 is 17.9 Å². The van der Waals surface area contributed by atoms with Gasteiger partial charge in [-0.3, -0.25) is 4.79 Å². The Labute approximate surface area is 128 Å². The van der Waals surface area contributed by atoms with Crippen molar-refractivity contribution >= 4 is 35.1 Å². The molecule has 1 aromatic carbocycles. The maximum atomic E-state index is 12.2. The van der Waals surface area contributed by atoms with Gasteiger partial charge in [-0.05, 0) is 24.1 Å². The Morgan fingerprint density at radius 2 is 1.80 bits per heavy atom. The molecule has 0 fully saturated rings. The lowest BCUT2D eigenvalue weighted by molar-refractivity contribution is -0.144. The van der Waals surface area contributed by atoms with Gasteiger partial charge in [0.1, 0.15) is 6.04 Å². The maximum absolute atomic E-state index is 12.2. The van der Waals surface area contributed by atoms with Crippen LogP contribution < -0.4 is 5.32 Å². The molecule has 1 aromatic rings. The highest BCUT2D eigenvalue weighted by Gasteiger charge is 2.27. The van der Waals surface area contributed by atoms with E-state index >= 15 is 0 Å². The van der Waals surface area contributed by atoms with Gasteiger partial charge in [-0.15, -0.1) is 0 Å². The number of methoxy groups -OCH3 is 1. The number of amides is 1. The first kappa shape index (κ1) is 16.8. The predicted molar refractivity (Wildman–Crippen MR) is 79.2 cm³/mol. The first-order chi connectivity index (χ1) is 9.38. The average molecular weight is 318 g/mol. The average Bonchev–Trinajstić information content (AvgIpc) is 2.41. The third-order valence-corrected chi connectivity index (χ3v) is 3.52. The van der Waals surface area contributed by atoms with Gasteiger partial charge in [0.2, 0.25) is 0 Å². The summed E-state index contributed by atoms with van der Waals surface area (Å²) in [6.07, 6.45) is 0.732. The van der Waals surface area contributed by atoms with E-state index in [1.54, 1.807) is 0 Å². The minimum absolute atomic E-state index is 0.0407. The number of carbonyl (C=O) groups is 2. The first-order valence-electron chi connectivity index (χ1n) is 6.23. The lowest BCUT2D eigenvalue weighted by atomic mass is 9.99. The van der Waals surface area contributed by atoms with E-state index in [0.717, 1.165) is 6.42 Å². The van der Waals surface area contributed by atoms with Crippen LogP contribution in [0.4, 0.5) is 0 Å². The van der Waals surface area contributed by atoms with E-state index in [-0.39, 0.29) is 5.92 Å². The summed E-state index contributed by atoms with van der Waals surface area (Å²) >= 11 is 11.7. The Morgan fingerprint density at radius 3 is 2.25 bits per heavy atom. The van der Waals surface area contributed by atoms with E-state index in [0.29, 0.717) is 15.6 Å². The van der Waals surface area contributed by atoms with Gasteiger partial charge in [-0.25, -0.2) is 4.79 Å². The van der Waals surface area contributed by atoms with Crippen LogP contribution in [-0.2, 0) is 9.53 Å². The van der Waals surface area contributed by atoms with E-state index in [9.17, 15) is 9.59 Å². The van der Waals surface area contributed by atoms with Crippen LogP contribution in [0.25, 0.3) is 0 Å².